The molecule has 3 aromatic rings. The van der Waals surface area contributed by atoms with Crippen LogP contribution in [0.1, 0.15) is 21.5 Å². The van der Waals surface area contributed by atoms with Crippen LogP contribution in [-0.2, 0) is 17.8 Å². The van der Waals surface area contributed by atoms with Crippen LogP contribution in [0.15, 0.2) is 66.7 Å². The molecule has 0 spiro atoms. The van der Waals surface area contributed by atoms with Gasteiger partial charge in [0.2, 0.25) is 0 Å². The number of carbonyl (C=O) groups is 2. The Morgan fingerprint density at radius 3 is 2.44 bits per heavy atom. The van der Waals surface area contributed by atoms with E-state index >= 15 is 0 Å². The Morgan fingerprint density at radius 2 is 1.72 bits per heavy atom. The number of amides is 2. The molecular formula is C24H22F2N2O4. The largest absolute Gasteiger partial charge is 0.489 e. The van der Waals surface area contributed by atoms with Crippen molar-refractivity contribution in [3.05, 3.63) is 95.1 Å². The Labute approximate surface area is 184 Å². The molecule has 0 bridgehead atoms. The molecule has 2 amide bonds. The van der Waals surface area contributed by atoms with Gasteiger partial charge in [-0.3, -0.25) is 0 Å². The summed E-state index contributed by atoms with van der Waals surface area (Å²) < 4.78 is 37.0. The average molecular weight is 440 g/mol. The predicted molar refractivity (Wildman–Crippen MR) is 116 cm³/mol. The second-order valence-electron chi connectivity index (χ2n) is 6.84. The van der Waals surface area contributed by atoms with Crippen LogP contribution in [0.25, 0.3) is 0 Å². The molecule has 0 aliphatic carbocycles. The zero-order chi connectivity index (χ0) is 22.9. The monoisotopic (exact) mass is 440 g/mol. The highest BCUT2D eigenvalue weighted by Gasteiger charge is 2.11. The van der Waals surface area contributed by atoms with Crippen molar-refractivity contribution in [3.63, 3.8) is 0 Å². The SMILES string of the molecule is COC(=O)c1ccccc1COc1ccc(CCNC(=O)Nc2ccc(F)cc2F)cc1. The van der Waals surface area contributed by atoms with Crippen molar-refractivity contribution in [2.45, 2.75) is 13.0 Å². The van der Waals surface area contributed by atoms with Gasteiger partial charge < -0.3 is 20.1 Å². The third-order valence-corrected chi connectivity index (χ3v) is 4.62. The van der Waals surface area contributed by atoms with E-state index in [4.69, 9.17) is 9.47 Å². The number of hydrogen-bond acceptors (Lipinski definition) is 4. The number of anilines is 1. The van der Waals surface area contributed by atoms with Gasteiger partial charge in [0.15, 0.2) is 0 Å². The second-order valence-corrected chi connectivity index (χ2v) is 6.84. The van der Waals surface area contributed by atoms with Crippen molar-refractivity contribution in [1.82, 2.24) is 5.32 Å². The molecule has 2 N–H and O–H groups in total. The quantitative estimate of drug-likeness (QED) is 0.498. The lowest BCUT2D eigenvalue weighted by atomic mass is 10.1. The molecule has 0 atom stereocenters. The smallest absolute Gasteiger partial charge is 0.338 e. The molecule has 0 aliphatic heterocycles. The number of methoxy groups -OCH3 is 1. The Balaban J connectivity index is 1.46. The van der Waals surface area contributed by atoms with Crippen LogP contribution >= 0.6 is 0 Å². The van der Waals surface area contributed by atoms with E-state index in [0.29, 0.717) is 30.3 Å². The summed E-state index contributed by atoms with van der Waals surface area (Å²) in [7, 11) is 1.33. The number of urea groups is 1. The van der Waals surface area contributed by atoms with E-state index < -0.39 is 23.6 Å². The number of carbonyl (C=O) groups excluding carboxylic acids is 2. The van der Waals surface area contributed by atoms with Crippen molar-refractivity contribution in [3.8, 4) is 5.75 Å². The number of halogens is 2. The predicted octanol–water partition coefficient (Wildman–Crippen LogP) is 4.69. The first-order chi connectivity index (χ1) is 15.5. The maximum absolute atomic E-state index is 13.6. The topological polar surface area (TPSA) is 76.7 Å². The van der Waals surface area contributed by atoms with E-state index in [2.05, 4.69) is 10.6 Å². The van der Waals surface area contributed by atoms with E-state index in [1.54, 1.807) is 30.3 Å². The fourth-order valence-corrected chi connectivity index (χ4v) is 2.95. The Kier molecular flexibility index (Phi) is 7.75. The van der Waals surface area contributed by atoms with Crippen LogP contribution in [0.5, 0.6) is 5.75 Å². The van der Waals surface area contributed by atoms with Crippen LogP contribution in [0, 0.1) is 11.6 Å². The lowest BCUT2D eigenvalue weighted by molar-refractivity contribution is 0.0597. The first-order valence-corrected chi connectivity index (χ1v) is 9.84. The van der Waals surface area contributed by atoms with Crippen LogP contribution in [-0.4, -0.2) is 25.7 Å². The summed E-state index contributed by atoms with van der Waals surface area (Å²) in [5.74, 6) is -1.34. The first kappa shape index (κ1) is 22.7. The number of benzene rings is 3. The molecule has 166 valence electrons. The third-order valence-electron chi connectivity index (χ3n) is 4.62. The van der Waals surface area contributed by atoms with Crippen molar-refractivity contribution in [2.75, 3.05) is 19.0 Å². The van der Waals surface area contributed by atoms with Gasteiger partial charge in [0.1, 0.15) is 24.0 Å². The van der Waals surface area contributed by atoms with E-state index in [-0.39, 0.29) is 12.3 Å². The molecule has 3 aromatic carbocycles. The fraction of sp³-hybridized carbons (Fsp3) is 0.167. The first-order valence-electron chi connectivity index (χ1n) is 9.84. The molecule has 32 heavy (non-hydrogen) atoms. The number of esters is 1. The molecule has 8 heteroatoms. The normalized spacial score (nSPS) is 10.3. The molecule has 3 rings (SSSR count). The van der Waals surface area contributed by atoms with E-state index in [1.165, 1.54) is 7.11 Å². The molecular weight excluding hydrogens is 418 g/mol. The van der Waals surface area contributed by atoms with Crippen LogP contribution < -0.4 is 15.4 Å². The van der Waals surface area contributed by atoms with Gasteiger partial charge in [0.05, 0.1) is 18.4 Å². The van der Waals surface area contributed by atoms with Crippen molar-refractivity contribution >= 4 is 17.7 Å². The van der Waals surface area contributed by atoms with E-state index in [1.807, 2.05) is 18.2 Å². The highest BCUT2D eigenvalue weighted by atomic mass is 19.1. The number of hydrogen-bond donors (Lipinski definition) is 2. The molecule has 0 aromatic heterocycles. The van der Waals surface area contributed by atoms with Crippen molar-refractivity contribution in [1.29, 1.82) is 0 Å². The zero-order valence-corrected chi connectivity index (χ0v) is 17.4. The Bertz CT molecular complexity index is 1090. The van der Waals surface area contributed by atoms with Gasteiger partial charge in [-0.2, -0.15) is 0 Å². The van der Waals surface area contributed by atoms with Gasteiger partial charge in [0, 0.05) is 18.2 Å². The lowest BCUT2D eigenvalue weighted by Crippen LogP contribution is -2.30. The third kappa shape index (κ3) is 6.28. The van der Waals surface area contributed by atoms with E-state index in [0.717, 1.165) is 23.3 Å². The second kappa shape index (κ2) is 10.9. The Morgan fingerprint density at radius 1 is 0.969 bits per heavy atom. The summed E-state index contributed by atoms with van der Waals surface area (Å²) in [5, 5.41) is 4.96. The van der Waals surface area contributed by atoms with Crippen molar-refractivity contribution in [2.24, 2.45) is 0 Å². The molecule has 0 fully saturated rings. The summed E-state index contributed by atoms with van der Waals surface area (Å²) in [5.41, 5.74) is 2.03. The zero-order valence-electron chi connectivity index (χ0n) is 17.4. The van der Waals surface area contributed by atoms with Gasteiger partial charge in [-0.25, -0.2) is 18.4 Å². The average Bonchev–Trinajstić information content (AvgIpc) is 2.80. The number of nitrogens with one attached hydrogen (secondary N) is 2. The highest BCUT2D eigenvalue weighted by molar-refractivity contribution is 5.91. The van der Waals surface area contributed by atoms with Gasteiger partial charge in [-0.1, -0.05) is 30.3 Å². The van der Waals surface area contributed by atoms with Crippen molar-refractivity contribution < 1.29 is 27.8 Å². The molecule has 0 saturated carbocycles. The Hall–Kier alpha value is -3.94. The lowest BCUT2D eigenvalue weighted by Gasteiger charge is -2.11. The summed E-state index contributed by atoms with van der Waals surface area (Å²) >= 11 is 0. The molecule has 0 heterocycles. The molecule has 0 saturated heterocycles. The fourth-order valence-electron chi connectivity index (χ4n) is 2.95. The van der Waals surface area contributed by atoms with Gasteiger partial charge >= 0.3 is 12.0 Å². The number of ether oxygens (including phenoxy) is 2. The summed E-state index contributed by atoms with van der Waals surface area (Å²) in [6.45, 7) is 0.535. The van der Waals surface area contributed by atoms with Crippen LogP contribution in [0.4, 0.5) is 19.3 Å². The number of rotatable bonds is 8. The summed E-state index contributed by atoms with van der Waals surface area (Å²) in [6, 6.07) is 16.7. The minimum Gasteiger partial charge on any atom is -0.489 e. The van der Waals surface area contributed by atoms with Gasteiger partial charge in [-0.05, 0) is 42.3 Å². The standard InChI is InChI=1S/C24H22F2N2O4/c1-31-23(29)20-5-3-2-4-17(20)15-32-19-9-6-16(7-10-19)12-13-27-24(30)28-22-11-8-18(25)14-21(22)26/h2-11,14H,12-13,15H2,1H3,(H2,27,28,30). The summed E-state index contributed by atoms with van der Waals surface area (Å²) in [6.07, 6.45) is 0.546. The van der Waals surface area contributed by atoms with Gasteiger partial charge in [-0.15, -0.1) is 0 Å². The maximum Gasteiger partial charge on any atom is 0.338 e. The maximum atomic E-state index is 13.6. The van der Waals surface area contributed by atoms with E-state index in [9.17, 15) is 18.4 Å². The minimum absolute atomic E-state index is 0.0980. The summed E-state index contributed by atoms with van der Waals surface area (Å²) in [4.78, 5) is 23.7. The molecule has 6 nitrogen and oxygen atoms in total. The van der Waals surface area contributed by atoms with Crippen LogP contribution in [0.2, 0.25) is 0 Å². The molecule has 0 radical (unpaired) electrons. The molecule has 0 aliphatic rings. The highest BCUT2D eigenvalue weighted by Crippen LogP contribution is 2.17. The van der Waals surface area contributed by atoms with Gasteiger partial charge in [0.25, 0.3) is 0 Å². The van der Waals surface area contributed by atoms with Crippen LogP contribution in [0.3, 0.4) is 0 Å². The molecule has 0 unspecified atom stereocenters. The minimum atomic E-state index is -0.843.